The summed E-state index contributed by atoms with van der Waals surface area (Å²) in [7, 11) is 0. The van der Waals surface area contributed by atoms with Crippen LogP contribution in [-0.2, 0) is 12.8 Å². The van der Waals surface area contributed by atoms with Crippen LogP contribution in [0.5, 0.6) is 0 Å². The molecule has 0 atom stereocenters. The topological polar surface area (TPSA) is 26.0 Å². The molecule has 0 bridgehead atoms. The molecule has 0 saturated heterocycles. The summed E-state index contributed by atoms with van der Waals surface area (Å²) in [6, 6.07) is 16.7. The smallest absolute Gasteiger partial charge is 0.252 e. The van der Waals surface area contributed by atoms with Crippen LogP contribution in [0.3, 0.4) is 0 Å². The van der Waals surface area contributed by atoms with E-state index in [1.807, 2.05) is 54.6 Å². The van der Waals surface area contributed by atoms with Gasteiger partial charge in [-0.1, -0.05) is 63.6 Å². The Morgan fingerprint density at radius 2 is 1.72 bits per heavy atom. The minimum atomic E-state index is -2.82. The Bertz CT molecular complexity index is 829. The number of rotatable bonds is 6. The van der Waals surface area contributed by atoms with Gasteiger partial charge in [0.2, 0.25) is 0 Å². The summed E-state index contributed by atoms with van der Waals surface area (Å²) < 4.78 is 35.3. The Hall–Kier alpha value is -2.01. The minimum Gasteiger partial charge on any atom is -0.356 e. The average molecular weight is 406 g/mol. The standard InChI is InChI=1S/C20H18BrF2NO/c1-14-18(19(25-24-14)16-7-9-17(21)10-8-16)13-20(22,23)12-11-15-5-3-2-4-6-15/h2-10H,11-13H2,1H3. The maximum atomic E-state index is 14.5. The van der Waals surface area contributed by atoms with Gasteiger partial charge in [-0.05, 0) is 31.0 Å². The number of alkyl halides is 2. The van der Waals surface area contributed by atoms with Crippen molar-refractivity contribution in [1.29, 1.82) is 0 Å². The van der Waals surface area contributed by atoms with Gasteiger partial charge < -0.3 is 4.52 Å². The van der Waals surface area contributed by atoms with E-state index in [2.05, 4.69) is 21.1 Å². The van der Waals surface area contributed by atoms with E-state index in [0.717, 1.165) is 15.6 Å². The zero-order valence-electron chi connectivity index (χ0n) is 13.8. The summed E-state index contributed by atoms with van der Waals surface area (Å²) >= 11 is 3.37. The molecule has 25 heavy (non-hydrogen) atoms. The summed E-state index contributed by atoms with van der Waals surface area (Å²) in [6.45, 7) is 1.70. The van der Waals surface area contributed by atoms with Gasteiger partial charge in [0, 0.05) is 28.4 Å². The van der Waals surface area contributed by atoms with E-state index in [1.54, 1.807) is 6.92 Å². The van der Waals surface area contributed by atoms with Crippen molar-refractivity contribution in [3.8, 4) is 11.3 Å². The van der Waals surface area contributed by atoms with Crippen LogP contribution in [0, 0.1) is 6.92 Å². The van der Waals surface area contributed by atoms with E-state index in [9.17, 15) is 8.78 Å². The number of benzene rings is 2. The van der Waals surface area contributed by atoms with Crippen molar-refractivity contribution >= 4 is 15.9 Å². The summed E-state index contributed by atoms with van der Waals surface area (Å²) in [5.74, 6) is -2.40. The lowest BCUT2D eigenvalue weighted by molar-refractivity contribution is -0.00688. The van der Waals surface area contributed by atoms with E-state index in [0.29, 0.717) is 23.4 Å². The van der Waals surface area contributed by atoms with Crippen molar-refractivity contribution in [2.24, 2.45) is 0 Å². The number of hydrogen-bond acceptors (Lipinski definition) is 2. The maximum absolute atomic E-state index is 14.5. The van der Waals surface area contributed by atoms with Crippen molar-refractivity contribution in [3.05, 3.63) is 75.9 Å². The van der Waals surface area contributed by atoms with Crippen LogP contribution >= 0.6 is 15.9 Å². The molecule has 0 spiro atoms. The van der Waals surface area contributed by atoms with Gasteiger partial charge in [0.05, 0.1) is 5.69 Å². The molecule has 0 aliphatic carbocycles. The minimum absolute atomic E-state index is 0.207. The third kappa shape index (κ3) is 4.54. The Morgan fingerprint density at radius 3 is 2.40 bits per heavy atom. The molecule has 0 unspecified atom stereocenters. The van der Waals surface area contributed by atoms with Gasteiger partial charge >= 0.3 is 0 Å². The molecule has 2 aromatic carbocycles. The van der Waals surface area contributed by atoms with Crippen LogP contribution in [0.15, 0.2) is 63.6 Å². The third-order valence-electron chi connectivity index (χ3n) is 4.15. The fourth-order valence-electron chi connectivity index (χ4n) is 2.74. The second-order valence-corrected chi connectivity index (χ2v) is 7.02. The second kappa shape index (κ2) is 7.48. The van der Waals surface area contributed by atoms with Gasteiger partial charge in [-0.2, -0.15) is 0 Å². The van der Waals surface area contributed by atoms with Crippen LogP contribution in [0.25, 0.3) is 11.3 Å². The molecule has 0 saturated carbocycles. The van der Waals surface area contributed by atoms with Gasteiger partial charge in [0.25, 0.3) is 5.92 Å². The molecule has 0 aliphatic rings. The average Bonchev–Trinajstić information content (AvgIpc) is 2.95. The molecule has 1 heterocycles. The maximum Gasteiger partial charge on any atom is 0.252 e. The first-order chi connectivity index (χ1) is 11.9. The van der Waals surface area contributed by atoms with E-state index in [-0.39, 0.29) is 12.8 Å². The fraction of sp³-hybridized carbons (Fsp3) is 0.250. The Balaban J connectivity index is 1.77. The van der Waals surface area contributed by atoms with E-state index >= 15 is 0 Å². The van der Waals surface area contributed by atoms with E-state index < -0.39 is 5.92 Å². The summed E-state index contributed by atoms with van der Waals surface area (Å²) in [4.78, 5) is 0. The zero-order chi connectivity index (χ0) is 17.9. The molecule has 0 amide bonds. The monoisotopic (exact) mass is 405 g/mol. The van der Waals surface area contributed by atoms with Gasteiger partial charge in [-0.3, -0.25) is 0 Å². The van der Waals surface area contributed by atoms with Gasteiger partial charge in [0.1, 0.15) is 0 Å². The van der Waals surface area contributed by atoms with Crippen LogP contribution in [0.2, 0.25) is 0 Å². The molecule has 0 fully saturated rings. The molecule has 3 aromatic rings. The third-order valence-corrected chi connectivity index (χ3v) is 4.68. The molecule has 0 N–H and O–H groups in total. The molecule has 2 nitrogen and oxygen atoms in total. The normalized spacial score (nSPS) is 11.7. The lowest BCUT2D eigenvalue weighted by Gasteiger charge is -2.16. The predicted molar refractivity (Wildman–Crippen MR) is 97.8 cm³/mol. The summed E-state index contributed by atoms with van der Waals surface area (Å²) in [5, 5.41) is 3.90. The number of halogens is 3. The fourth-order valence-corrected chi connectivity index (χ4v) is 3.01. The largest absolute Gasteiger partial charge is 0.356 e. The lowest BCUT2D eigenvalue weighted by atomic mass is 9.97. The number of aryl methyl sites for hydroxylation is 2. The van der Waals surface area contributed by atoms with Gasteiger partial charge in [0.15, 0.2) is 5.76 Å². The Labute approximate surface area is 154 Å². The molecule has 3 rings (SSSR count). The van der Waals surface area contributed by atoms with Gasteiger partial charge in [-0.25, -0.2) is 8.78 Å². The molecule has 1 aromatic heterocycles. The van der Waals surface area contributed by atoms with Gasteiger partial charge in [-0.15, -0.1) is 0 Å². The first-order valence-corrected chi connectivity index (χ1v) is 8.87. The first-order valence-electron chi connectivity index (χ1n) is 8.07. The van der Waals surface area contributed by atoms with Crippen molar-refractivity contribution in [1.82, 2.24) is 5.16 Å². The highest BCUT2D eigenvalue weighted by molar-refractivity contribution is 9.10. The molecule has 0 radical (unpaired) electrons. The van der Waals surface area contributed by atoms with Crippen LogP contribution in [0.1, 0.15) is 23.2 Å². The summed E-state index contributed by atoms with van der Waals surface area (Å²) in [6.07, 6.45) is -0.242. The highest BCUT2D eigenvalue weighted by Gasteiger charge is 2.32. The van der Waals surface area contributed by atoms with Crippen molar-refractivity contribution in [2.45, 2.75) is 32.1 Å². The Kier molecular flexibility index (Phi) is 5.33. The lowest BCUT2D eigenvalue weighted by Crippen LogP contribution is -2.21. The summed E-state index contributed by atoms with van der Waals surface area (Å²) in [5.41, 5.74) is 2.65. The van der Waals surface area contributed by atoms with Crippen molar-refractivity contribution < 1.29 is 13.3 Å². The van der Waals surface area contributed by atoms with Crippen LogP contribution < -0.4 is 0 Å². The van der Waals surface area contributed by atoms with Crippen LogP contribution in [0.4, 0.5) is 8.78 Å². The highest BCUT2D eigenvalue weighted by atomic mass is 79.9. The molecule has 5 heteroatoms. The molecular formula is C20H18BrF2NO. The number of nitrogens with zero attached hydrogens (tertiary/aromatic N) is 1. The molecule has 0 aliphatic heterocycles. The molecular weight excluding hydrogens is 388 g/mol. The van der Waals surface area contributed by atoms with Crippen molar-refractivity contribution in [3.63, 3.8) is 0 Å². The SMILES string of the molecule is Cc1noc(-c2ccc(Br)cc2)c1CC(F)(F)CCc1ccccc1. The van der Waals surface area contributed by atoms with Crippen LogP contribution in [-0.4, -0.2) is 11.1 Å². The number of hydrogen-bond donors (Lipinski definition) is 0. The zero-order valence-corrected chi connectivity index (χ0v) is 15.4. The predicted octanol–water partition coefficient (Wildman–Crippen LogP) is 6.22. The van der Waals surface area contributed by atoms with Crippen molar-refractivity contribution in [2.75, 3.05) is 0 Å². The Morgan fingerprint density at radius 1 is 1.04 bits per heavy atom. The number of aromatic nitrogens is 1. The van der Waals surface area contributed by atoms with E-state index in [1.165, 1.54) is 0 Å². The quantitative estimate of drug-likeness (QED) is 0.486. The second-order valence-electron chi connectivity index (χ2n) is 6.10. The van der Waals surface area contributed by atoms with E-state index in [4.69, 9.17) is 4.52 Å². The molecule has 130 valence electrons. The highest BCUT2D eigenvalue weighted by Crippen LogP contribution is 2.33. The first kappa shape index (κ1) is 17.8.